The second kappa shape index (κ2) is 11.8. The van der Waals surface area contributed by atoms with Crippen LogP contribution in [0.1, 0.15) is 23.1 Å². The van der Waals surface area contributed by atoms with E-state index in [1.807, 2.05) is 13.0 Å². The van der Waals surface area contributed by atoms with Gasteiger partial charge < -0.3 is 19.9 Å². The van der Waals surface area contributed by atoms with Gasteiger partial charge in [-0.05, 0) is 79.8 Å². The highest BCUT2D eigenvalue weighted by molar-refractivity contribution is 7.90. The maximum absolute atomic E-state index is 13.2. The fourth-order valence-corrected chi connectivity index (χ4v) is 6.20. The number of hydrogen-bond acceptors (Lipinski definition) is 6. The number of nitrogens with zero attached hydrogens (tertiary/aromatic N) is 1. The van der Waals surface area contributed by atoms with Gasteiger partial charge >= 0.3 is 0 Å². The number of aliphatic hydroxyl groups excluding tert-OH is 1. The van der Waals surface area contributed by atoms with Crippen LogP contribution in [-0.4, -0.2) is 49.9 Å². The van der Waals surface area contributed by atoms with Crippen molar-refractivity contribution in [2.45, 2.75) is 43.2 Å². The van der Waals surface area contributed by atoms with Crippen molar-refractivity contribution in [1.82, 2.24) is 9.29 Å². The summed E-state index contributed by atoms with van der Waals surface area (Å²) in [7, 11) is -2.06. The van der Waals surface area contributed by atoms with Crippen LogP contribution < -0.4 is 14.8 Å². The van der Waals surface area contributed by atoms with E-state index in [2.05, 4.69) is 17.4 Å². The van der Waals surface area contributed by atoms with Crippen LogP contribution in [0.25, 0.3) is 10.9 Å². The molecule has 9 heteroatoms. The highest BCUT2D eigenvalue weighted by atomic mass is 35.5. The summed E-state index contributed by atoms with van der Waals surface area (Å²) < 4.78 is 39.0. The van der Waals surface area contributed by atoms with Gasteiger partial charge in [0.15, 0.2) is 0 Å². The van der Waals surface area contributed by atoms with Crippen molar-refractivity contribution >= 4 is 33.3 Å². The average molecular weight is 557 g/mol. The molecule has 202 valence electrons. The van der Waals surface area contributed by atoms with Crippen molar-refractivity contribution in [3.05, 3.63) is 89.6 Å². The Morgan fingerprint density at radius 1 is 1.08 bits per heavy atom. The lowest BCUT2D eigenvalue weighted by molar-refractivity contribution is 0.104. The molecule has 2 unspecified atom stereocenters. The first-order valence-electron chi connectivity index (χ1n) is 12.5. The van der Waals surface area contributed by atoms with Gasteiger partial charge in [0.2, 0.25) is 0 Å². The average Bonchev–Trinajstić information content (AvgIpc) is 3.36. The Balaban J connectivity index is 0.00000336. The number of halogens is 1. The van der Waals surface area contributed by atoms with Gasteiger partial charge in [-0.3, -0.25) is 0 Å². The van der Waals surface area contributed by atoms with Crippen molar-refractivity contribution in [3.8, 4) is 11.5 Å². The van der Waals surface area contributed by atoms with E-state index in [-0.39, 0.29) is 30.0 Å². The molecule has 2 N–H and O–H groups in total. The fraction of sp³-hybridized carbons (Fsp3) is 0.310. The predicted molar refractivity (Wildman–Crippen MR) is 151 cm³/mol. The van der Waals surface area contributed by atoms with Gasteiger partial charge in [0.25, 0.3) is 10.0 Å². The highest BCUT2D eigenvalue weighted by Crippen LogP contribution is 2.30. The van der Waals surface area contributed by atoms with Gasteiger partial charge in [0, 0.05) is 24.2 Å². The monoisotopic (exact) mass is 556 g/mol. The minimum atomic E-state index is -3.74. The summed E-state index contributed by atoms with van der Waals surface area (Å²) >= 11 is 0. The molecule has 0 amide bonds. The summed E-state index contributed by atoms with van der Waals surface area (Å²) in [5.74, 6) is 1.40. The molecule has 1 heterocycles. The number of methoxy groups -OCH3 is 1. The lowest BCUT2D eigenvalue weighted by Crippen LogP contribution is -2.40. The van der Waals surface area contributed by atoms with Crippen LogP contribution in [0, 0.1) is 6.92 Å². The molecule has 0 saturated heterocycles. The Morgan fingerprint density at radius 3 is 2.63 bits per heavy atom. The first kappa shape index (κ1) is 28.0. The highest BCUT2D eigenvalue weighted by Gasteiger charge is 2.22. The number of nitrogens with one attached hydrogen (secondary N) is 1. The largest absolute Gasteiger partial charge is 0.497 e. The van der Waals surface area contributed by atoms with E-state index in [4.69, 9.17) is 9.47 Å². The smallest absolute Gasteiger partial charge is 0.268 e. The first-order chi connectivity index (χ1) is 17.8. The Labute approximate surface area is 229 Å². The third-order valence-corrected chi connectivity index (χ3v) is 8.65. The quantitative estimate of drug-likeness (QED) is 0.315. The number of ether oxygens (including phenoxy) is 2. The molecular weight excluding hydrogens is 524 g/mol. The SMILES string of the molecule is COc1ccc2c(c1)CC(NCC(O)COc1cccc3c1ccn3S(=O)(=O)c1ccc(C)cc1)CC2.Cl. The molecule has 1 aliphatic carbocycles. The number of aliphatic hydroxyl groups is 1. The second-order valence-corrected chi connectivity index (χ2v) is 11.4. The van der Waals surface area contributed by atoms with Crippen LogP contribution in [0.15, 0.2) is 77.8 Å². The Hall–Kier alpha value is -3.04. The number of benzene rings is 3. The summed E-state index contributed by atoms with van der Waals surface area (Å²) in [5.41, 5.74) is 4.16. The molecule has 0 radical (unpaired) electrons. The van der Waals surface area contributed by atoms with Crippen molar-refractivity contribution in [2.24, 2.45) is 0 Å². The molecule has 5 rings (SSSR count). The van der Waals surface area contributed by atoms with Crippen LogP contribution in [-0.2, 0) is 22.9 Å². The number of fused-ring (bicyclic) bond motifs is 2. The van der Waals surface area contributed by atoms with Crippen LogP contribution in [0.5, 0.6) is 11.5 Å². The molecule has 0 fully saturated rings. The van der Waals surface area contributed by atoms with Gasteiger partial charge in [0.1, 0.15) is 24.2 Å². The maximum Gasteiger partial charge on any atom is 0.268 e. The fourth-order valence-electron chi connectivity index (χ4n) is 4.86. The molecule has 0 aliphatic heterocycles. The van der Waals surface area contributed by atoms with Crippen LogP contribution in [0.3, 0.4) is 0 Å². The maximum atomic E-state index is 13.2. The lowest BCUT2D eigenvalue weighted by atomic mass is 9.88. The van der Waals surface area contributed by atoms with Crippen molar-refractivity contribution in [3.63, 3.8) is 0 Å². The Morgan fingerprint density at radius 2 is 1.87 bits per heavy atom. The van der Waals surface area contributed by atoms with Crippen LogP contribution >= 0.6 is 12.4 Å². The minimum Gasteiger partial charge on any atom is -0.497 e. The third kappa shape index (κ3) is 5.83. The molecule has 0 saturated carbocycles. The van der Waals surface area contributed by atoms with E-state index in [1.165, 1.54) is 15.1 Å². The molecule has 4 aromatic rings. The standard InChI is InChI=1S/C29H32N2O5S.ClH/c1-20-6-12-26(13-7-20)37(33,34)31-15-14-27-28(31)4-3-5-29(27)36-19-24(32)18-30-23-10-8-21-9-11-25(35-2)17-22(21)16-23;/h3-7,9,11-15,17,23-24,30,32H,8,10,16,18-19H2,1-2H3;1H. The number of aryl methyl sites for hydroxylation is 2. The summed E-state index contributed by atoms with van der Waals surface area (Å²) in [5, 5.41) is 14.7. The van der Waals surface area contributed by atoms with E-state index < -0.39 is 16.1 Å². The van der Waals surface area contributed by atoms with E-state index in [0.29, 0.717) is 23.2 Å². The number of rotatable bonds is 9. The summed E-state index contributed by atoms with van der Waals surface area (Å²) in [6.45, 7) is 2.42. The third-order valence-electron chi connectivity index (χ3n) is 6.95. The minimum absolute atomic E-state index is 0. The van der Waals surface area contributed by atoms with Gasteiger partial charge in [0.05, 0.1) is 17.5 Å². The van der Waals surface area contributed by atoms with Crippen molar-refractivity contribution < 1.29 is 23.0 Å². The molecule has 0 spiro atoms. The Bertz CT molecular complexity index is 1500. The molecular formula is C29H33ClN2O5S. The van der Waals surface area contributed by atoms with Crippen LogP contribution in [0.2, 0.25) is 0 Å². The van der Waals surface area contributed by atoms with E-state index in [0.717, 1.165) is 30.6 Å². The van der Waals surface area contributed by atoms with E-state index >= 15 is 0 Å². The molecule has 1 aromatic heterocycles. The molecule has 38 heavy (non-hydrogen) atoms. The summed E-state index contributed by atoms with van der Waals surface area (Å²) in [4.78, 5) is 0.229. The molecule has 2 atom stereocenters. The number of aromatic nitrogens is 1. The molecule has 7 nitrogen and oxygen atoms in total. The van der Waals surface area contributed by atoms with Crippen molar-refractivity contribution in [2.75, 3.05) is 20.3 Å². The number of hydrogen-bond donors (Lipinski definition) is 2. The molecule has 1 aliphatic rings. The van der Waals surface area contributed by atoms with Crippen molar-refractivity contribution in [1.29, 1.82) is 0 Å². The van der Waals surface area contributed by atoms with E-state index in [9.17, 15) is 13.5 Å². The predicted octanol–water partition coefficient (Wildman–Crippen LogP) is 4.50. The van der Waals surface area contributed by atoms with Crippen LogP contribution in [0.4, 0.5) is 0 Å². The van der Waals surface area contributed by atoms with Gasteiger partial charge in [-0.15, -0.1) is 12.4 Å². The normalized spacial score (nSPS) is 15.9. The first-order valence-corrected chi connectivity index (χ1v) is 13.9. The zero-order valence-electron chi connectivity index (χ0n) is 21.5. The lowest BCUT2D eigenvalue weighted by Gasteiger charge is -2.27. The molecule has 0 bridgehead atoms. The van der Waals surface area contributed by atoms with E-state index in [1.54, 1.807) is 61.8 Å². The van der Waals surface area contributed by atoms with Gasteiger partial charge in [-0.1, -0.05) is 29.8 Å². The topological polar surface area (TPSA) is 89.8 Å². The second-order valence-electron chi connectivity index (χ2n) is 9.57. The zero-order chi connectivity index (χ0) is 26.0. The zero-order valence-corrected chi connectivity index (χ0v) is 23.1. The van der Waals surface area contributed by atoms with Gasteiger partial charge in [-0.2, -0.15) is 0 Å². The summed E-state index contributed by atoms with van der Waals surface area (Å²) in [6, 6.07) is 20.3. The van der Waals surface area contributed by atoms with Gasteiger partial charge in [-0.25, -0.2) is 12.4 Å². The molecule has 3 aromatic carbocycles. The Kier molecular flexibility index (Phi) is 8.67. The summed E-state index contributed by atoms with van der Waals surface area (Å²) in [6.07, 6.45) is 3.73.